The number of thiophene rings is 1. The van der Waals surface area contributed by atoms with Crippen LogP contribution in [0.5, 0.6) is 5.75 Å². The van der Waals surface area contributed by atoms with Gasteiger partial charge < -0.3 is 10.5 Å². The van der Waals surface area contributed by atoms with Gasteiger partial charge in [0.1, 0.15) is 40.6 Å². The van der Waals surface area contributed by atoms with Crippen LogP contribution in [0.15, 0.2) is 36.1 Å². The Morgan fingerprint density at radius 3 is 2.73 bits per heavy atom. The quantitative estimate of drug-likeness (QED) is 0.742. The van der Waals surface area contributed by atoms with Crippen LogP contribution >= 0.6 is 11.3 Å². The minimum absolute atomic E-state index is 0.0406. The summed E-state index contributed by atoms with van der Waals surface area (Å²) in [6.45, 7) is -0.0857. The molecule has 0 atom stereocenters. The summed E-state index contributed by atoms with van der Waals surface area (Å²) in [4.78, 5) is 19.2. The number of nitrogens with zero attached hydrogens (tertiary/aromatic N) is 3. The van der Waals surface area contributed by atoms with Gasteiger partial charge in [-0.05, 0) is 6.07 Å². The first-order chi connectivity index (χ1) is 12.5. The molecular formula is C17H10F2N4O2S. The van der Waals surface area contributed by atoms with Gasteiger partial charge in [-0.3, -0.25) is 9.78 Å². The molecule has 6 nitrogen and oxygen atoms in total. The van der Waals surface area contributed by atoms with Gasteiger partial charge in [-0.25, -0.2) is 13.8 Å². The average molecular weight is 372 g/mol. The SMILES string of the molecule is N#Cc1c(-c2ncc(F)cc2OCc2cncc(F)c2)csc1C(N)=O. The van der Waals surface area contributed by atoms with Crippen molar-refractivity contribution in [1.82, 2.24) is 9.97 Å². The van der Waals surface area contributed by atoms with E-state index in [1.54, 1.807) is 0 Å². The number of rotatable bonds is 5. The number of carbonyl (C=O) groups excluding carboxylic acids is 1. The molecule has 1 amide bonds. The molecule has 3 rings (SSSR count). The van der Waals surface area contributed by atoms with Crippen molar-refractivity contribution in [3.05, 3.63) is 63.7 Å². The largest absolute Gasteiger partial charge is 0.486 e. The van der Waals surface area contributed by atoms with Crippen molar-refractivity contribution in [2.75, 3.05) is 0 Å². The van der Waals surface area contributed by atoms with Crippen molar-refractivity contribution in [2.24, 2.45) is 5.73 Å². The van der Waals surface area contributed by atoms with Crippen LogP contribution in [0.2, 0.25) is 0 Å². The lowest BCUT2D eigenvalue weighted by molar-refractivity contribution is 0.100. The summed E-state index contributed by atoms with van der Waals surface area (Å²) in [5.74, 6) is -1.88. The van der Waals surface area contributed by atoms with Crippen LogP contribution < -0.4 is 10.5 Å². The molecular weight excluding hydrogens is 362 g/mol. The highest BCUT2D eigenvalue weighted by Gasteiger charge is 2.21. The van der Waals surface area contributed by atoms with Crippen LogP contribution in [0.3, 0.4) is 0 Å². The summed E-state index contributed by atoms with van der Waals surface area (Å²) < 4.78 is 32.4. The molecule has 3 heterocycles. The lowest BCUT2D eigenvalue weighted by Gasteiger charge is -2.10. The van der Waals surface area contributed by atoms with E-state index in [1.165, 1.54) is 17.6 Å². The van der Waals surface area contributed by atoms with E-state index >= 15 is 0 Å². The number of amides is 1. The number of ether oxygens (including phenoxy) is 1. The fourth-order valence-corrected chi connectivity index (χ4v) is 3.11. The first-order valence-corrected chi connectivity index (χ1v) is 8.07. The Kier molecular flexibility index (Phi) is 4.86. The molecule has 0 bridgehead atoms. The highest BCUT2D eigenvalue weighted by Crippen LogP contribution is 2.35. The van der Waals surface area contributed by atoms with E-state index in [-0.39, 0.29) is 28.5 Å². The van der Waals surface area contributed by atoms with Gasteiger partial charge in [-0.2, -0.15) is 5.26 Å². The Bertz CT molecular complexity index is 1030. The second kappa shape index (κ2) is 7.25. The van der Waals surface area contributed by atoms with E-state index in [0.717, 1.165) is 29.8 Å². The molecule has 0 radical (unpaired) electrons. The molecule has 9 heteroatoms. The zero-order valence-corrected chi connectivity index (χ0v) is 13.9. The smallest absolute Gasteiger partial charge is 0.260 e. The highest BCUT2D eigenvalue weighted by molar-refractivity contribution is 7.12. The molecule has 3 aromatic heterocycles. The summed E-state index contributed by atoms with van der Waals surface area (Å²) in [5, 5.41) is 10.9. The normalized spacial score (nSPS) is 10.3. The topological polar surface area (TPSA) is 102 Å². The van der Waals surface area contributed by atoms with Gasteiger partial charge in [0.25, 0.3) is 5.91 Å². The monoisotopic (exact) mass is 372 g/mol. The van der Waals surface area contributed by atoms with Gasteiger partial charge in [-0.1, -0.05) is 0 Å². The van der Waals surface area contributed by atoms with Crippen LogP contribution in [-0.4, -0.2) is 15.9 Å². The number of hydrogen-bond donors (Lipinski definition) is 1. The maximum Gasteiger partial charge on any atom is 0.260 e. The molecule has 26 heavy (non-hydrogen) atoms. The number of primary amides is 1. The number of hydrogen-bond acceptors (Lipinski definition) is 6. The predicted molar refractivity (Wildman–Crippen MR) is 89.3 cm³/mol. The highest BCUT2D eigenvalue weighted by atomic mass is 32.1. The Morgan fingerprint density at radius 1 is 1.27 bits per heavy atom. The first kappa shape index (κ1) is 17.4. The Labute approximate surface area is 150 Å². The van der Waals surface area contributed by atoms with Crippen molar-refractivity contribution < 1.29 is 18.3 Å². The van der Waals surface area contributed by atoms with Gasteiger partial charge in [-0.15, -0.1) is 11.3 Å². The van der Waals surface area contributed by atoms with Crippen LogP contribution in [-0.2, 0) is 6.61 Å². The molecule has 130 valence electrons. The van der Waals surface area contributed by atoms with Crippen molar-refractivity contribution in [2.45, 2.75) is 6.61 Å². The third-order valence-corrected chi connectivity index (χ3v) is 4.35. The maximum absolute atomic E-state index is 13.6. The number of carbonyl (C=O) groups is 1. The Morgan fingerprint density at radius 2 is 2.04 bits per heavy atom. The van der Waals surface area contributed by atoms with Crippen molar-refractivity contribution in [1.29, 1.82) is 5.26 Å². The maximum atomic E-state index is 13.6. The van der Waals surface area contributed by atoms with E-state index in [9.17, 15) is 18.8 Å². The fourth-order valence-electron chi connectivity index (χ4n) is 2.25. The standard InChI is InChI=1S/C17H10F2N4O2S/c18-10-1-9(4-22-5-10)7-25-14-2-11(19)6-23-15(14)13-8-26-16(17(21)24)12(13)3-20/h1-2,4-6,8H,7H2,(H2,21,24). The summed E-state index contributed by atoms with van der Waals surface area (Å²) in [5.41, 5.74) is 6.21. The van der Waals surface area contributed by atoms with Gasteiger partial charge in [0.2, 0.25) is 0 Å². The Balaban J connectivity index is 1.99. The molecule has 2 N–H and O–H groups in total. The molecule has 0 unspecified atom stereocenters. The summed E-state index contributed by atoms with van der Waals surface area (Å²) >= 11 is 0.987. The lowest BCUT2D eigenvalue weighted by Crippen LogP contribution is -2.10. The third kappa shape index (κ3) is 3.50. The van der Waals surface area contributed by atoms with Crippen LogP contribution in [0, 0.1) is 23.0 Å². The molecule has 0 aliphatic heterocycles. The minimum atomic E-state index is -0.742. The zero-order chi connectivity index (χ0) is 18.7. The van der Waals surface area contributed by atoms with Crippen molar-refractivity contribution >= 4 is 17.2 Å². The van der Waals surface area contributed by atoms with Gasteiger partial charge in [0.15, 0.2) is 0 Å². The lowest BCUT2D eigenvalue weighted by atomic mass is 10.1. The summed E-state index contributed by atoms with van der Waals surface area (Å²) in [6, 6.07) is 4.23. The van der Waals surface area contributed by atoms with E-state index in [4.69, 9.17) is 10.5 Å². The van der Waals surface area contributed by atoms with Gasteiger partial charge >= 0.3 is 0 Å². The molecule has 0 fully saturated rings. The molecule has 0 aliphatic carbocycles. The third-order valence-electron chi connectivity index (χ3n) is 3.36. The summed E-state index contributed by atoms with van der Waals surface area (Å²) in [7, 11) is 0. The van der Waals surface area contributed by atoms with Gasteiger partial charge in [0.05, 0.1) is 18.0 Å². The molecule has 0 saturated heterocycles. The zero-order valence-electron chi connectivity index (χ0n) is 13.1. The van der Waals surface area contributed by atoms with Crippen molar-refractivity contribution in [3.8, 4) is 23.1 Å². The van der Waals surface area contributed by atoms with Gasteiger partial charge in [0, 0.05) is 28.8 Å². The molecule has 0 saturated carbocycles. The molecule has 0 spiro atoms. The van der Waals surface area contributed by atoms with E-state index < -0.39 is 17.5 Å². The second-order valence-corrected chi connectivity index (χ2v) is 6.01. The van der Waals surface area contributed by atoms with E-state index in [1.807, 2.05) is 6.07 Å². The number of nitrogens with two attached hydrogens (primary N) is 1. The van der Waals surface area contributed by atoms with E-state index in [0.29, 0.717) is 11.1 Å². The number of pyridine rings is 2. The van der Waals surface area contributed by atoms with Crippen molar-refractivity contribution in [3.63, 3.8) is 0 Å². The van der Waals surface area contributed by atoms with E-state index in [2.05, 4.69) is 9.97 Å². The predicted octanol–water partition coefficient (Wildman–Crippen LogP) is 3.03. The average Bonchev–Trinajstić information content (AvgIpc) is 3.04. The fraction of sp³-hybridized carbons (Fsp3) is 0.0588. The minimum Gasteiger partial charge on any atom is -0.486 e. The molecule has 3 aromatic rings. The summed E-state index contributed by atoms with van der Waals surface area (Å²) in [6.07, 6.45) is 3.43. The second-order valence-electron chi connectivity index (χ2n) is 5.13. The number of aromatic nitrogens is 2. The number of nitriles is 1. The first-order valence-electron chi connectivity index (χ1n) is 7.19. The number of halogens is 2. The molecule has 0 aromatic carbocycles. The molecule has 0 aliphatic rings. The van der Waals surface area contributed by atoms with Crippen LogP contribution in [0.4, 0.5) is 8.78 Å². The van der Waals surface area contributed by atoms with Crippen LogP contribution in [0.25, 0.3) is 11.3 Å². The van der Waals surface area contributed by atoms with Crippen LogP contribution in [0.1, 0.15) is 20.8 Å². The Hall–Kier alpha value is -3.38.